The van der Waals surface area contributed by atoms with Gasteiger partial charge in [-0.25, -0.2) is 0 Å². The predicted octanol–water partition coefficient (Wildman–Crippen LogP) is 0.0469. The predicted molar refractivity (Wildman–Crippen MR) is 70.3 cm³/mol. The molecule has 0 atom stereocenters. The van der Waals surface area contributed by atoms with Gasteiger partial charge in [-0.1, -0.05) is 0 Å². The van der Waals surface area contributed by atoms with Gasteiger partial charge in [-0.2, -0.15) is 0 Å². The second-order valence-corrected chi connectivity index (χ2v) is 5.76. The van der Waals surface area contributed by atoms with E-state index in [9.17, 15) is 4.79 Å². The molecule has 2 aliphatic rings. The molecule has 104 valence electrons. The summed E-state index contributed by atoms with van der Waals surface area (Å²) in [4.78, 5) is 16.7. The van der Waals surface area contributed by atoms with Gasteiger partial charge >= 0.3 is 0 Å². The summed E-state index contributed by atoms with van der Waals surface area (Å²) in [7, 11) is 4.20. The van der Waals surface area contributed by atoms with E-state index in [1.807, 2.05) is 4.90 Å². The number of carbonyl (C=O) groups is 1. The van der Waals surface area contributed by atoms with E-state index in [0.717, 1.165) is 25.9 Å². The number of ether oxygens (including phenoxy) is 1. The zero-order valence-electron chi connectivity index (χ0n) is 11.5. The first-order valence-electron chi connectivity index (χ1n) is 6.85. The van der Waals surface area contributed by atoms with Crippen LogP contribution in [0.1, 0.15) is 25.7 Å². The lowest BCUT2D eigenvalue weighted by atomic mass is 9.88. The quantitative estimate of drug-likeness (QED) is 0.757. The molecule has 0 aliphatic carbocycles. The van der Waals surface area contributed by atoms with Crippen molar-refractivity contribution in [2.75, 3.05) is 40.4 Å². The molecule has 0 bridgehead atoms. The first-order chi connectivity index (χ1) is 8.53. The van der Waals surface area contributed by atoms with Crippen molar-refractivity contribution in [2.45, 2.75) is 37.3 Å². The number of amides is 1. The van der Waals surface area contributed by atoms with E-state index in [1.165, 1.54) is 0 Å². The second kappa shape index (κ2) is 5.55. The zero-order chi connectivity index (χ0) is 13.2. The number of piperidine rings is 1. The summed E-state index contributed by atoms with van der Waals surface area (Å²) in [5.41, 5.74) is 5.57. The van der Waals surface area contributed by atoms with Crippen LogP contribution in [0.4, 0.5) is 0 Å². The summed E-state index contributed by atoms with van der Waals surface area (Å²) in [6.45, 7) is 2.88. The van der Waals surface area contributed by atoms with Crippen LogP contribution in [0.15, 0.2) is 0 Å². The first kappa shape index (κ1) is 13.8. The van der Waals surface area contributed by atoms with E-state index >= 15 is 0 Å². The van der Waals surface area contributed by atoms with Crippen molar-refractivity contribution in [3.05, 3.63) is 0 Å². The molecular weight excluding hydrogens is 230 g/mol. The number of nitrogens with zero attached hydrogens (tertiary/aromatic N) is 2. The zero-order valence-corrected chi connectivity index (χ0v) is 11.5. The van der Waals surface area contributed by atoms with Crippen LogP contribution < -0.4 is 5.73 Å². The highest BCUT2D eigenvalue weighted by molar-refractivity contribution is 5.86. The Labute approximate surface area is 109 Å². The van der Waals surface area contributed by atoms with E-state index < -0.39 is 5.54 Å². The molecule has 0 aromatic heterocycles. The largest absolute Gasteiger partial charge is 0.381 e. The summed E-state index contributed by atoms with van der Waals surface area (Å²) in [5, 5.41) is 0. The lowest BCUT2D eigenvalue weighted by molar-refractivity contribution is -0.142. The third kappa shape index (κ3) is 2.84. The molecule has 0 unspecified atom stereocenters. The van der Waals surface area contributed by atoms with Gasteiger partial charge in [-0.3, -0.25) is 4.79 Å². The Bertz CT molecular complexity index is 293. The fraction of sp³-hybridized carbons (Fsp3) is 0.923. The summed E-state index contributed by atoms with van der Waals surface area (Å²) in [5.74, 6) is 0.128. The average molecular weight is 255 g/mol. The minimum Gasteiger partial charge on any atom is -0.381 e. The molecule has 1 amide bonds. The number of hydrogen-bond acceptors (Lipinski definition) is 4. The Morgan fingerprint density at radius 1 is 1.28 bits per heavy atom. The molecule has 2 heterocycles. The van der Waals surface area contributed by atoms with Crippen LogP contribution in [0.3, 0.4) is 0 Å². The van der Waals surface area contributed by atoms with Gasteiger partial charge in [0, 0.05) is 32.3 Å². The number of nitrogens with two attached hydrogens (primary N) is 1. The first-order valence-corrected chi connectivity index (χ1v) is 6.85. The monoisotopic (exact) mass is 255 g/mol. The number of rotatable bonds is 2. The fourth-order valence-electron chi connectivity index (χ4n) is 2.85. The van der Waals surface area contributed by atoms with Crippen LogP contribution in [-0.4, -0.2) is 67.7 Å². The van der Waals surface area contributed by atoms with Gasteiger partial charge in [0.05, 0.1) is 5.54 Å². The van der Waals surface area contributed by atoms with Gasteiger partial charge in [0.25, 0.3) is 0 Å². The van der Waals surface area contributed by atoms with Crippen molar-refractivity contribution in [2.24, 2.45) is 5.73 Å². The maximum atomic E-state index is 12.5. The molecular formula is C13H25N3O2. The Hall–Kier alpha value is -0.650. The third-order valence-electron chi connectivity index (χ3n) is 4.29. The third-order valence-corrected chi connectivity index (χ3v) is 4.29. The van der Waals surface area contributed by atoms with Gasteiger partial charge in [0.2, 0.25) is 5.91 Å². The van der Waals surface area contributed by atoms with Crippen molar-refractivity contribution >= 4 is 5.91 Å². The maximum Gasteiger partial charge on any atom is 0.242 e. The Kier molecular flexibility index (Phi) is 4.25. The number of likely N-dealkylation sites (tertiary alicyclic amines) is 1. The lowest BCUT2D eigenvalue weighted by Gasteiger charge is -2.41. The molecule has 2 aliphatic heterocycles. The molecule has 18 heavy (non-hydrogen) atoms. The molecule has 0 spiro atoms. The highest BCUT2D eigenvalue weighted by Crippen LogP contribution is 2.23. The van der Waals surface area contributed by atoms with Gasteiger partial charge in [-0.05, 0) is 39.8 Å². The van der Waals surface area contributed by atoms with Gasteiger partial charge in [0.1, 0.15) is 0 Å². The average Bonchev–Trinajstić information content (AvgIpc) is 2.39. The van der Waals surface area contributed by atoms with Gasteiger partial charge in [-0.15, -0.1) is 0 Å². The summed E-state index contributed by atoms with van der Waals surface area (Å²) < 4.78 is 5.29. The Balaban J connectivity index is 1.90. The van der Waals surface area contributed by atoms with Crippen LogP contribution in [0.2, 0.25) is 0 Å². The lowest BCUT2D eigenvalue weighted by Crippen LogP contribution is -2.59. The molecule has 0 aromatic rings. The molecule has 2 N–H and O–H groups in total. The standard InChI is InChI=1S/C13H25N3O2/c1-15(2)11-3-7-16(8-4-11)12(17)13(14)5-9-18-10-6-13/h11H,3-10,14H2,1-2H3. The highest BCUT2D eigenvalue weighted by atomic mass is 16.5. The molecule has 0 aromatic carbocycles. The molecule has 0 saturated carbocycles. The van der Waals surface area contributed by atoms with Crippen molar-refractivity contribution in [3.8, 4) is 0 Å². The van der Waals surface area contributed by atoms with E-state index in [2.05, 4.69) is 19.0 Å². The Morgan fingerprint density at radius 2 is 1.83 bits per heavy atom. The van der Waals surface area contributed by atoms with Crippen LogP contribution in [0.25, 0.3) is 0 Å². The minimum atomic E-state index is -0.677. The molecule has 5 nitrogen and oxygen atoms in total. The van der Waals surface area contributed by atoms with E-state index in [-0.39, 0.29) is 5.91 Å². The van der Waals surface area contributed by atoms with Gasteiger partial charge < -0.3 is 20.3 Å². The fourth-order valence-corrected chi connectivity index (χ4v) is 2.85. The number of carbonyl (C=O) groups excluding carboxylic acids is 1. The molecule has 2 fully saturated rings. The van der Waals surface area contributed by atoms with E-state index in [0.29, 0.717) is 32.1 Å². The van der Waals surface area contributed by atoms with Crippen LogP contribution in [-0.2, 0) is 9.53 Å². The minimum absolute atomic E-state index is 0.128. The summed E-state index contributed by atoms with van der Waals surface area (Å²) in [6.07, 6.45) is 3.40. The SMILES string of the molecule is CN(C)C1CCN(C(=O)C2(N)CCOCC2)CC1. The topological polar surface area (TPSA) is 58.8 Å². The Morgan fingerprint density at radius 3 is 2.33 bits per heavy atom. The van der Waals surface area contributed by atoms with Crippen LogP contribution >= 0.6 is 0 Å². The molecule has 2 rings (SSSR count). The summed E-state index contributed by atoms with van der Waals surface area (Å²) >= 11 is 0. The summed E-state index contributed by atoms with van der Waals surface area (Å²) in [6, 6.07) is 0.595. The van der Waals surface area contributed by atoms with Crippen molar-refractivity contribution in [1.29, 1.82) is 0 Å². The van der Waals surface area contributed by atoms with Crippen molar-refractivity contribution < 1.29 is 9.53 Å². The van der Waals surface area contributed by atoms with Crippen LogP contribution in [0.5, 0.6) is 0 Å². The smallest absolute Gasteiger partial charge is 0.242 e. The van der Waals surface area contributed by atoms with E-state index in [1.54, 1.807) is 0 Å². The maximum absolute atomic E-state index is 12.5. The normalized spacial score (nSPS) is 25.4. The van der Waals surface area contributed by atoms with Gasteiger partial charge in [0.15, 0.2) is 0 Å². The van der Waals surface area contributed by atoms with Crippen LogP contribution in [0, 0.1) is 0 Å². The van der Waals surface area contributed by atoms with E-state index in [4.69, 9.17) is 10.5 Å². The second-order valence-electron chi connectivity index (χ2n) is 5.76. The highest BCUT2D eigenvalue weighted by Gasteiger charge is 2.39. The number of hydrogen-bond donors (Lipinski definition) is 1. The molecule has 5 heteroatoms. The molecule has 2 saturated heterocycles. The molecule has 0 radical (unpaired) electrons. The van der Waals surface area contributed by atoms with Crippen molar-refractivity contribution in [1.82, 2.24) is 9.80 Å². The van der Waals surface area contributed by atoms with Crippen molar-refractivity contribution in [3.63, 3.8) is 0 Å².